The molecule has 2 N–H and O–H groups in total. The fourth-order valence-corrected chi connectivity index (χ4v) is 2.22. The van der Waals surface area contributed by atoms with Crippen LogP contribution in [0.15, 0.2) is 27.6 Å². The molecule has 0 saturated heterocycles. The summed E-state index contributed by atoms with van der Waals surface area (Å²) in [6.45, 7) is 3.90. The van der Waals surface area contributed by atoms with E-state index in [1.54, 1.807) is 20.2 Å². The summed E-state index contributed by atoms with van der Waals surface area (Å²) in [6, 6.07) is 4.55. The molecule has 2 rings (SSSR count). The SMILES string of the molecule is CN=C(NCCCOC)NCc1oc2ccc(F)cc2c1C.I. The Morgan fingerprint density at radius 1 is 1.35 bits per heavy atom. The van der Waals surface area contributed by atoms with Crippen LogP contribution in [0.3, 0.4) is 0 Å². The van der Waals surface area contributed by atoms with Crippen molar-refractivity contribution in [2.75, 3.05) is 27.3 Å². The number of aryl methyl sites for hydroxylation is 1. The Bertz CT molecular complexity index is 658. The molecule has 0 saturated carbocycles. The van der Waals surface area contributed by atoms with Crippen LogP contribution in [-0.2, 0) is 11.3 Å². The van der Waals surface area contributed by atoms with E-state index in [9.17, 15) is 4.39 Å². The van der Waals surface area contributed by atoms with Crippen molar-refractivity contribution in [3.63, 3.8) is 0 Å². The minimum atomic E-state index is -0.258. The predicted molar refractivity (Wildman–Crippen MR) is 101 cm³/mol. The van der Waals surface area contributed by atoms with Crippen molar-refractivity contribution in [1.29, 1.82) is 0 Å². The fourth-order valence-electron chi connectivity index (χ4n) is 2.22. The number of methoxy groups -OCH3 is 1. The molecular weight excluding hydrogens is 412 g/mol. The maximum Gasteiger partial charge on any atom is 0.191 e. The first-order chi connectivity index (χ1) is 10.7. The third kappa shape index (κ3) is 5.35. The summed E-state index contributed by atoms with van der Waals surface area (Å²) >= 11 is 0. The van der Waals surface area contributed by atoms with Crippen molar-refractivity contribution >= 4 is 40.9 Å². The Morgan fingerprint density at radius 3 is 2.83 bits per heavy atom. The molecule has 1 aromatic heterocycles. The zero-order chi connectivity index (χ0) is 15.9. The lowest BCUT2D eigenvalue weighted by Gasteiger charge is -2.10. The standard InChI is InChI=1S/C16H22FN3O2.HI/c1-11-13-9-12(17)5-6-14(13)22-15(11)10-20-16(18-2)19-7-4-8-21-3;/h5-6,9H,4,7-8,10H2,1-3H3,(H2,18,19,20);1H. The molecule has 5 nitrogen and oxygen atoms in total. The molecule has 0 atom stereocenters. The van der Waals surface area contributed by atoms with Crippen LogP contribution in [0, 0.1) is 12.7 Å². The Labute approximate surface area is 152 Å². The monoisotopic (exact) mass is 435 g/mol. The Morgan fingerprint density at radius 2 is 2.13 bits per heavy atom. The maximum absolute atomic E-state index is 13.3. The lowest BCUT2D eigenvalue weighted by molar-refractivity contribution is 0.195. The highest BCUT2D eigenvalue weighted by Crippen LogP contribution is 2.25. The molecule has 1 heterocycles. The van der Waals surface area contributed by atoms with E-state index in [1.165, 1.54) is 12.1 Å². The number of nitrogens with one attached hydrogen (secondary N) is 2. The Hall–Kier alpha value is -1.35. The van der Waals surface area contributed by atoms with E-state index in [4.69, 9.17) is 9.15 Å². The number of guanidine groups is 1. The van der Waals surface area contributed by atoms with Crippen molar-refractivity contribution in [1.82, 2.24) is 10.6 Å². The van der Waals surface area contributed by atoms with Crippen LogP contribution in [0.4, 0.5) is 4.39 Å². The number of aliphatic imine (C=N–C) groups is 1. The third-order valence-electron chi connectivity index (χ3n) is 3.45. The lowest BCUT2D eigenvalue weighted by atomic mass is 10.1. The number of hydrogen-bond donors (Lipinski definition) is 2. The molecule has 0 radical (unpaired) electrons. The molecule has 0 bridgehead atoms. The summed E-state index contributed by atoms with van der Waals surface area (Å²) in [6.07, 6.45) is 0.903. The van der Waals surface area contributed by atoms with Crippen LogP contribution in [0.1, 0.15) is 17.7 Å². The highest BCUT2D eigenvalue weighted by molar-refractivity contribution is 14.0. The maximum atomic E-state index is 13.3. The zero-order valence-corrected chi connectivity index (χ0v) is 15.9. The van der Waals surface area contributed by atoms with Gasteiger partial charge in [-0.05, 0) is 31.5 Å². The molecule has 128 valence electrons. The van der Waals surface area contributed by atoms with Crippen molar-refractivity contribution < 1.29 is 13.5 Å². The number of halogens is 2. The quantitative estimate of drug-likeness (QED) is 0.317. The van der Waals surface area contributed by atoms with Gasteiger partial charge in [-0.15, -0.1) is 24.0 Å². The predicted octanol–water partition coefficient (Wildman–Crippen LogP) is 3.20. The van der Waals surface area contributed by atoms with Gasteiger partial charge in [-0.3, -0.25) is 4.99 Å². The summed E-state index contributed by atoms with van der Waals surface area (Å²) in [5.41, 5.74) is 1.63. The fraction of sp³-hybridized carbons (Fsp3) is 0.438. The minimum absolute atomic E-state index is 0. The van der Waals surface area contributed by atoms with E-state index in [2.05, 4.69) is 15.6 Å². The molecule has 0 amide bonds. The van der Waals surface area contributed by atoms with E-state index >= 15 is 0 Å². The highest BCUT2D eigenvalue weighted by Gasteiger charge is 2.11. The average molecular weight is 435 g/mol. The van der Waals surface area contributed by atoms with Gasteiger partial charge in [0.05, 0.1) is 6.54 Å². The van der Waals surface area contributed by atoms with Gasteiger partial charge in [0, 0.05) is 38.3 Å². The molecule has 7 heteroatoms. The van der Waals surface area contributed by atoms with Crippen molar-refractivity contribution in [3.8, 4) is 0 Å². The molecule has 1 aromatic carbocycles. The van der Waals surface area contributed by atoms with Crippen molar-refractivity contribution in [3.05, 3.63) is 35.3 Å². The summed E-state index contributed by atoms with van der Waals surface area (Å²) in [7, 11) is 3.40. The van der Waals surface area contributed by atoms with Gasteiger partial charge in [-0.1, -0.05) is 0 Å². The number of furan rings is 1. The van der Waals surface area contributed by atoms with Crippen LogP contribution < -0.4 is 10.6 Å². The van der Waals surface area contributed by atoms with Gasteiger partial charge in [0.15, 0.2) is 5.96 Å². The Kier molecular flexibility index (Phi) is 8.32. The van der Waals surface area contributed by atoms with E-state index < -0.39 is 0 Å². The molecule has 2 aromatic rings. The van der Waals surface area contributed by atoms with E-state index in [1.807, 2.05) is 6.92 Å². The van der Waals surface area contributed by atoms with Gasteiger partial charge in [0.25, 0.3) is 0 Å². The van der Waals surface area contributed by atoms with Gasteiger partial charge in [-0.2, -0.15) is 0 Å². The van der Waals surface area contributed by atoms with Gasteiger partial charge in [0.2, 0.25) is 0 Å². The number of nitrogens with zero attached hydrogens (tertiary/aromatic N) is 1. The van der Waals surface area contributed by atoms with Crippen molar-refractivity contribution in [2.45, 2.75) is 19.9 Å². The Balaban J connectivity index is 0.00000264. The minimum Gasteiger partial charge on any atom is -0.459 e. The van der Waals surface area contributed by atoms with Gasteiger partial charge in [-0.25, -0.2) is 4.39 Å². The average Bonchev–Trinajstić information content (AvgIpc) is 2.83. The first kappa shape index (κ1) is 19.7. The normalized spacial score (nSPS) is 11.4. The number of ether oxygens (including phenoxy) is 1. The smallest absolute Gasteiger partial charge is 0.191 e. The number of hydrogen-bond acceptors (Lipinski definition) is 3. The van der Waals surface area contributed by atoms with Crippen LogP contribution >= 0.6 is 24.0 Å². The summed E-state index contributed by atoms with van der Waals surface area (Å²) in [4.78, 5) is 4.15. The van der Waals surface area contributed by atoms with Crippen molar-refractivity contribution in [2.24, 2.45) is 4.99 Å². The molecular formula is C16H23FIN3O2. The van der Waals surface area contributed by atoms with Gasteiger partial charge < -0.3 is 19.8 Å². The first-order valence-corrected chi connectivity index (χ1v) is 7.26. The first-order valence-electron chi connectivity index (χ1n) is 7.26. The second-order valence-electron chi connectivity index (χ2n) is 4.99. The van der Waals surface area contributed by atoms with Crippen LogP contribution in [0.2, 0.25) is 0 Å². The molecule has 0 fully saturated rings. The van der Waals surface area contributed by atoms with E-state index in [0.29, 0.717) is 24.7 Å². The number of rotatable bonds is 6. The lowest BCUT2D eigenvalue weighted by Crippen LogP contribution is -2.37. The molecule has 0 aliphatic heterocycles. The third-order valence-corrected chi connectivity index (χ3v) is 3.45. The highest BCUT2D eigenvalue weighted by atomic mass is 127. The zero-order valence-electron chi connectivity index (χ0n) is 13.6. The molecule has 0 aliphatic rings. The van der Waals surface area contributed by atoms with E-state index in [0.717, 1.165) is 29.7 Å². The largest absolute Gasteiger partial charge is 0.459 e. The summed E-state index contributed by atoms with van der Waals surface area (Å²) < 4.78 is 24.1. The second-order valence-corrected chi connectivity index (χ2v) is 4.99. The molecule has 0 aliphatic carbocycles. The van der Waals surface area contributed by atoms with Gasteiger partial charge >= 0.3 is 0 Å². The van der Waals surface area contributed by atoms with Gasteiger partial charge in [0.1, 0.15) is 17.2 Å². The molecule has 0 spiro atoms. The van der Waals surface area contributed by atoms with E-state index in [-0.39, 0.29) is 29.8 Å². The summed E-state index contributed by atoms with van der Waals surface area (Å²) in [5.74, 6) is 1.22. The van der Waals surface area contributed by atoms with Crippen LogP contribution in [-0.4, -0.2) is 33.3 Å². The number of fused-ring (bicyclic) bond motifs is 1. The molecule has 0 unspecified atom stereocenters. The van der Waals surface area contributed by atoms with Crippen LogP contribution in [0.25, 0.3) is 11.0 Å². The molecule has 23 heavy (non-hydrogen) atoms. The second kappa shape index (κ2) is 9.71. The van der Waals surface area contributed by atoms with Crippen LogP contribution in [0.5, 0.6) is 0 Å². The topological polar surface area (TPSA) is 58.8 Å². The summed E-state index contributed by atoms with van der Waals surface area (Å²) in [5, 5.41) is 7.19. The number of benzene rings is 1.